The summed E-state index contributed by atoms with van der Waals surface area (Å²) in [6.07, 6.45) is 4.23. The Hall–Kier alpha value is -1.34. The van der Waals surface area contributed by atoms with E-state index in [0.717, 1.165) is 44.1 Å². The zero-order valence-electron chi connectivity index (χ0n) is 19.7. The van der Waals surface area contributed by atoms with Gasteiger partial charge >= 0.3 is 0 Å². The summed E-state index contributed by atoms with van der Waals surface area (Å²) in [5, 5.41) is 0. The minimum absolute atomic E-state index is 0.738. The van der Waals surface area contributed by atoms with E-state index in [2.05, 4.69) is 97.6 Å². The average Bonchev–Trinajstić information content (AvgIpc) is 3.16. The molecule has 0 bridgehead atoms. The maximum absolute atomic E-state index is 6.02. The Morgan fingerprint density at radius 3 is 2.10 bits per heavy atom. The highest BCUT2D eigenvalue weighted by Crippen LogP contribution is 2.55. The molecule has 1 aliphatic carbocycles. The molecule has 1 aromatic carbocycles. The van der Waals surface area contributed by atoms with Crippen LogP contribution in [0.2, 0.25) is 0 Å². The smallest absolute Gasteiger partial charge is 0.172 e. The van der Waals surface area contributed by atoms with Gasteiger partial charge in [0.25, 0.3) is 0 Å². The number of ether oxygens (including phenoxy) is 1. The molecular formula is C23H36N5OPS. The van der Waals surface area contributed by atoms with E-state index in [9.17, 15) is 0 Å². The van der Waals surface area contributed by atoms with E-state index in [1.54, 1.807) is 0 Å². The second-order valence-electron chi connectivity index (χ2n) is 8.49. The first-order valence-electron chi connectivity index (χ1n) is 10.8. The van der Waals surface area contributed by atoms with E-state index in [4.69, 9.17) is 21.7 Å². The highest BCUT2D eigenvalue weighted by molar-refractivity contribution is 7.81. The Kier molecular flexibility index (Phi) is 8.25. The molecule has 2 aliphatic rings. The van der Waals surface area contributed by atoms with Gasteiger partial charge in [-0.15, -0.1) is 0 Å². The molecule has 0 N–H and O–H groups in total. The summed E-state index contributed by atoms with van der Waals surface area (Å²) >= 11 is 6.02. The van der Waals surface area contributed by atoms with Gasteiger partial charge < -0.3 is 9.64 Å². The van der Waals surface area contributed by atoms with Crippen molar-refractivity contribution >= 4 is 30.8 Å². The van der Waals surface area contributed by atoms with E-state index >= 15 is 0 Å². The summed E-state index contributed by atoms with van der Waals surface area (Å²) in [5.41, 5.74) is 5.05. The lowest BCUT2D eigenvalue weighted by Gasteiger charge is -2.41. The summed E-state index contributed by atoms with van der Waals surface area (Å²) in [6, 6.07) is 10.5. The van der Waals surface area contributed by atoms with Crippen LogP contribution in [0, 0.1) is 0 Å². The van der Waals surface area contributed by atoms with Gasteiger partial charge in [-0.05, 0) is 72.3 Å². The fourth-order valence-electron chi connectivity index (χ4n) is 4.49. The predicted octanol–water partition coefficient (Wildman–Crippen LogP) is 4.41. The molecule has 0 aromatic heterocycles. The number of allylic oxidation sites excluding steroid dienone is 1. The van der Waals surface area contributed by atoms with E-state index in [-0.39, 0.29) is 0 Å². The van der Waals surface area contributed by atoms with Crippen molar-refractivity contribution in [2.45, 2.75) is 12.8 Å². The van der Waals surface area contributed by atoms with Crippen LogP contribution in [-0.4, -0.2) is 92.5 Å². The molecule has 31 heavy (non-hydrogen) atoms. The Bertz CT molecular complexity index is 873. The fourth-order valence-corrected chi connectivity index (χ4v) is 8.07. The third-order valence-corrected chi connectivity index (χ3v) is 9.96. The van der Waals surface area contributed by atoms with Gasteiger partial charge in [-0.2, -0.15) is 0 Å². The van der Waals surface area contributed by atoms with E-state index < -0.39 is 7.51 Å². The largest absolute Gasteiger partial charge is 0.378 e. The van der Waals surface area contributed by atoms with Crippen molar-refractivity contribution in [2.75, 3.05) is 68.6 Å². The summed E-state index contributed by atoms with van der Waals surface area (Å²) in [5.74, 6) is 0. The number of hydrogen-bond acceptors (Lipinski definition) is 3. The van der Waals surface area contributed by atoms with E-state index in [0.29, 0.717) is 0 Å². The average molecular weight is 462 g/mol. The molecule has 8 heteroatoms. The molecule has 1 fully saturated rings. The van der Waals surface area contributed by atoms with Crippen molar-refractivity contribution in [1.82, 2.24) is 18.9 Å². The molecular weight excluding hydrogens is 425 g/mol. The van der Waals surface area contributed by atoms with Crippen molar-refractivity contribution in [3.05, 3.63) is 52.7 Å². The van der Waals surface area contributed by atoms with Gasteiger partial charge in [0.2, 0.25) is 0 Å². The van der Waals surface area contributed by atoms with Gasteiger partial charge in [-0.1, -0.05) is 42.5 Å². The zero-order chi connectivity index (χ0) is 22.6. The lowest BCUT2D eigenvalue weighted by molar-refractivity contribution is 0.0548. The summed E-state index contributed by atoms with van der Waals surface area (Å²) in [7, 11) is 10.5. The third kappa shape index (κ3) is 5.19. The number of rotatable bonds is 6. The Balaban J connectivity index is 2.11. The van der Waals surface area contributed by atoms with Crippen LogP contribution in [0.3, 0.4) is 0 Å². The van der Waals surface area contributed by atoms with Gasteiger partial charge in [0.05, 0.1) is 13.2 Å². The molecule has 1 heterocycles. The highest BCUT2D eigenvalue weighted by atomic mass is 32.1. The van der Waals surface area contributed by atoms with Crippen LogP contribution in [0.4, 0.5) is 0 Å². The molecule has 1 aliphatic heterocycles. The molecule has 0 saturated carbocycles. The number of nitrogens with zero attached hydrogens (tertiary/aromatic N) is 5. The fraction of sp³-hybridized carbons (Fsp3) is 0.522. The minimum Gasteiger partial charge on any atom is -0.378 e. The molecule has 1 aromatic rings. The third-order valence-electron chi connectivity index (χ3n) is 5.80. The molecule has 3 rings (SSSR count). The molecule has 1 saturated heterocycles. The Morgan fingerprint density at radius 1 is 0.968 bits per heavy atom. The van der Waals surface area contributed by atoms with Gasteiger partial charge in [0, 0.05) is 24.4 Å². The molecule has 0 radical (unpaired) electrons. The number of morpholine rings is 1. The molecule has 0 amide bonds. The van der Waals surface area contributed by atoms with E-state index in [1.165, 1.54) is 22.4 Å². The first-order chi connectivity index (χ1) is 14.8. The van der Waals surface area contributed by atoms with Gasteiger partial charge in [-0.3, -0.25) is 14.0 Å². The van der Waals surface area contributed by atoms with Crippen molar-refractivity contribution in [3.8, 4) is 0 Å². The van der Waals surface area contributed by atoms with Gasteiger partial charge in [0.15, 0.2) is 7.51 Å². The van der Waals surface area contributed by atoms with E-state index in [1.807, 2.05) is 0 Å². The molecule has 0 unspecified atom stereocenters. The zero-order valence-corrected chi connectivity index (χ0v) is 21.4. The number of thiocarbonyl (C=S) groups is 1. The number of benzene rings is 1. The highest BCUT2D eigenvalue weighted by Gasteiger charge is 2.32. The van der Waals surface area contributed by atoms with Crippen molar-refractivity contribution in [3.63, 3.8) is 0 Å². The Labute approximate surface area is 193 Å². The standard InChI is InChI=1S/C23H36N5OPS/c1-25(2)30(26(3)4,27(5)6)24-23(31)21-13-12-20(18-19-10-8-7-9-11-19)22(21)28-14-16-29-17-15-28/h7-11,18H,12-17H2,1-6H3. The summed E-state index contributed by atoms with van der Waals surface area (Å²) in [4.78, 5) is 3.19. The minimum atomic E-state index is -2.09. The van der Waals surface area contributed by atoms with Crippen LogP contribution in [0.1, 0.15) is 18.4 Å². The van der Waals surface area contributed by atoms with Crippen LogP contribution in [0.25, 0.3) is 6.08 Å². The molecule has 0 atom stereocenters. The summed E-state index contributed by atoms with van der Waals surface area (Å²) < 4.78 is 17.5. The molecule has 0 spiro atoms. The first-order valence-corrected chi connectivity index (χ1v) is 12.8. The van der Waals surface area contributed by atoms with Gasteiger partial charge in [-0.25, -0.2) is 4.74 Å². The lowest BCUT2D eigenvalue weighted by atomic mass is 10.1. The monoisotopic (exact) mass is 461 g/mol. The van der Waals surface area contributed by atoms with Crippen LogP contribution in [0.5, 0.6) is 0 Å². The lowest BCUT2D eigenvalue weighted by Crippen LogP contribution is -2.36. The van der Waals surface area contributed by atoms with Crippen molar-refractivity contribution in [1.29, 1.82) is 0 Å². The molecule has 170 valence electrons. The normalized spacial score (nSPS) is 19.3. The second-order valence-corrected chi connectivity index (χ2v) is 12.6. The topological polar surface area (TPSA) is 34.6 Å². The quantitative estimate of drug-likeness (QED) is 0.461. The van der Waals surface area contributed by atoms with Gasteiger partial charge in [0.1, 0.15) is 4.99 Å². The maximum atomic E-state index is 6.02. The van der Waals surface area contributed by atoms with Crippen molar-refractivity contribution < 1.29 is 4.74 Å². The van der Waals surface area contributed by atoms with Crippen LogP contribution in [-0.2, 0) is 4.74 Å². The second kappa shape index (κ2) is 10.5. The molecule has 6 nitrogen and oxygen atoms in total. The first kappa shape index (κ1) is 24.3. The predicted molar refractivity (Wildman–Crippen MR) is 136 cm³/mol. The Morgan fingerprint density at radius 2 is 1.55 bits per heavy atom. The summed E-state index contributed by atoms with van der Waals surface area (Å²) in [6.45, 7) is 3.29. The van der Waals surface area contributed by atoms with Crippen LogP contribution >= 0.6 is 19.7 Å². The van der Waals surface area contributed by atoms with Crippen LogP contribution in [0.15, 0.2) is 51.9 Å². The maximum Gasteiger partial charge on any atom is 0.172 e. The van der Waals surface area contributed by atoms with Crippen LogP contribution < -0.4 is 0 Å². The SMILES string of the molecule is CN(C)P(=NC(=S)C1=C(N2CCOCC2)C(=Cc2ccccc2)CC1)(N(C)C)N(C)C. The number of hydrogen-bond donors (Lipinski definition) is 0. The van der Waals surface area contributed by atoms with Crippen molar-refractivity contribution in [2.24, 2.45) is 4.74 Å².